The van der Waals surface area contributed by atoms with Crippen LogP contribution in [0.25, 0.3) is 10.9 Å². The van der Waals surface area contributed by atoms with Gasteiger partial charge < -0.3 is 4.57 Å². The van der Waals surface area contributed by atoms with E-state index in [1.165, 1.54) is 0 Å². The van der Waals surface area contributed by atoms with E-state index in [1.807, 2.05) is 18.3 Å². The van der Waals surface area contributed by atoms with Gasteiger partial charge in [-0.15, -0.1) is 0 Å². The van der Waals surface area contributed by atoms with Crippen LogP contribution in [0.15, 0.2) is 28.9 Å². The van der Waals surface area contributed by atoms with E-state index < -0.39 is 0 Å². The summed E-state index contributed by atoms with van der Waals surface area (Å²) in [4.78, 5) is 10.9. The van der Waals surface area contributed by atoms with Gasteiger partial charge in [0.25, 0.3) is 0 Å². The first-order valence-electron chi connectivity index (χ1n) is 5.00. The quantitative estimate of drug-likeness (QED) is 0.777. The summed E-state index contributed by atoms with van der Waals surface area (Å²) in [5.41, 5.74) is 1.89. The Labute approximate surface area is 97.0 Å². The molecule has 0 aliphatic carbocycles. The molecule has 0 radical (unpaired) electrons. The van der Waals surface area contributed by atoms with E-state index in [2.05, 4.69) is 33.5 Å². The Kier molecular flexibility index (Phi) is 2.91. The number of benzene rings is 1. The fourth-order valence-electron chi connectivity index (χ4n) is 1.81. The molecule has 1 aromatic carbocycles. The van der Waals surface area contributed by atoms with Crippen LogP contribution in [0, 0.1) is 0 Å². The van der Waals surface area contributed by atoms with E-state index in [1.54, 1.807) is 0 Å². The lowest BCUT2D eigenvalue weighted by Gasteiger charge is -2.02. The Hall–Kier alpha value is -1.09. The fourth-order valence-corrected chi connectivity index (χ4v) is 2.16. The largest absolute Gasteiger partial charge is 0.347 e. The standard InChI is InChI=1S/C12H12BrNO/c1-2-5-14-7-9(8-15)11-4-3-10(13)6-12(11)14/h3-4,6-8H,2,5H2,1H3. The van der Waals surface area contributed by atoms with Crippen molar-refractivity contribution in [2.75, 3.05) is 0 Å². The van der Waals surface area contributed by atoms with E-state index in [4.69, 9.17) is 0 Å². The zero-order valence-corrected chi connectivity index (χ0v) is 10.1. The molecule has 0 saturated carbocycles. The molecule has 0 amide bonds. The number of carbonyl (C=O) groups is 1. The molecule has 0 atom stereocenters. The van der Waals surface area contributed by atoms with Crippen molar-refractivity contribution in [2.45, 2.75) is 19.9 Å². The SMILES string of the molecule is CCCn1cc(C=O)c2ccc(Br)cc21. The molecule has 0 unspecified atom stereocenters. The van der Waals surface area contributed by atoms with Crippen molar-refractivity contribution in [3.63, 3.8) is 0 Å². The normalized spacial score (nSPS) is 10.8. The topological polar surface area (TPSA) is 22.0 Å². The lowest BCUT2D eigenvalue weighted by atomic mass is 10.2. The molecular formula is C12H12BrNO. The van der Waals surface area contributed by atoms with Crippen LogP contribution >= 0.6 is 15.9 Å². The molecule has 0 bridgehead atoms. The molecule has 15 heavy (non-hydrogen) atoms. The summed E-state index contributed by atoms with van der Waals surface area (Å²) in [6, 6.07) is 6.00. The summed E-state index contributed by atoms with van der Waals surface area (Å²) in [5, 5.41) is 1.03. The molecule has 3 heteroatoms. The Morgan fingerprint density at radius 1 is 1.47 bits per heavy atom. The van der Waals surface area contributed by atoms with Crippen molar-refractivity contribution in [1.82, 2.24) is 4.57 Å². The third-order valence-electron chi connectivity index (χ3n) is 2.47. The van der Waals surface area contributed by atoms with Gasteiger partial charge >= 0.3 is 0 Å². The zero-order chi connectivity index (χ0) is 10.8. The lowest BCUT2D eigenvalue weighted by molar-refractivity contribution is 0.112. The number of nitrogens with zero attached hydrogens (tertiary/aromatic N) is 1. The number of hydrogen-bond donors (Lipinski definition) is 0. The number of halogens is 1. The van der Waals surface area contributed by atoms with Crippen LogP contribution in [-0.4, -0.2) is 10.9 Å². The van der Waals surface area contributed by atoms with Crippen LogP contribution < -0.4 is 0 Å². The summed E-state index contributed by atoms with van der Waals surface area (Å²) in [6.45, 7) is 3.07. The van der Waals surface area contributed by atoms with Gasteiger partial charge in [0.15, 0.2) is 6.29 Å². The van der Waals surface area contributed by atoms with Crippen molar-refractivity contribution in [2.24, 2.45) is 0 Å². The van der Waals surface area contributed by atoms with Gasteiger partial charge in [0, 0.05) is 33.7 Å². The van der Waals surface area contributed by atoms with Gasteiger partial charge in [0.2, 0.25) is 0 Å². The number of aryl methyl sites for hydroxylation is 1. The molecule has 0 aliphatic heterocycles. The molecule has 78 valence electrons. The summed E-state index contributed by atoms with van der Waals surface area (Å²) >= 11 is 3.45. The van der Waals surface area contributed by atoms with Crippen molar-refractivity contribution in [3.8, 4) is 0 Å². The van der Waals surface area contributed by atoms with E-state index in [0.29, 0.717) is 0 Å². The molecule has 0 saturated heterocycles. The Balaban J connectivity index is 2.69. The van der Waals surface area contributed by atoms with Crippen LogP contribution in [0.3, 0.4) is 0 Å². The Morgan fingerprint density at radius 2 is 2.27 bits per heavy atom. The van der Waals surface area contributed by atoms with Gasteiger partial charge in [0.1, 0.15) is 0 Å². The molecule has 2 rings (SSSR count). The van der Waals surface area contributed by atoms with Gasteiger partial charge in [-0.25, -0.2) is 0 Å². The molecule has 0 fully saturated rings. The predicted molar refractivity (Wildman–Crippen MR) is 65.3 cm³/mol. The smallest absolute Gasteiger partial charge is 0.152 e. The van der Waals surface area contributed by atoms with E-state index >= 15 is 0 Å². The maximum absolute atomic E-state index is 10.9. The molecule has 1 heterocycles. The number of carbonyl (C=O) groups excluding carboxylic acids is 1. The first kappa shape index (κ1) is 10.4. The lowest BCUT2D eigenvalue weighted by Crippen LogP contribution is -1.93. The average Bonchev–Trinajstić information content (AvgIpc) is 2.57. The van der Waals surface area contributed by atoms with E-state index in [-0.39, 0.29) is 0 Å². The summed E-state index contributed by atoms with van der Waals surface area (Å²) in [7, 11) is 0. The van der Waals surface area contributed by atoms with Crippen LogP contribution in [-0.2, 0) is 6.54 Å². The monoisotopic (exact) mass is 265 g/mol. The Bertz CT molecular complexity index is 502. The minimum Gasteiger partial charge on any atom is -0.347 e. The average molecular weight is 266 g/mol. The highest BCUT2D eigenvalue weighted by Crippen LogP contribution is 2.24. The number of aldehydes is 1. The van der Waals surface area contributed by atoms with Crippen molar-refractivity contribution >= 4 is 33.1 Å². The second-order valence-corrected chi connectivity index (χ2v) is 4.47. The third-order valence-corrected chi connectivity index (χ3v) is 2.96. The van der Waals surface area contributed by atoms with Crippen LogP contribution in [0.2, 0.25) is 0 Å². The zero-order valence-electron chi connectivity index (χ0n) is 8.53. The number of aromatic nitrogens is 1. The number of hydrogen-bond acceptors (Lipinski definition) is 1. The first-order chi connectivity index (χ1) is 7.26. The van der Waals surface area contributed by atoms with Crippen LogP contribution in [0.1, 0.15) is 23.7 Å². The van der Waals surface area contributed by atoms with Gasteiger partial charge in [-0.05, 0) is 18.6 Å². The molecule has 1 aromatic heterocycles. The highest BCUT2D eigenvalue weighted by Gasteiger charge is 2.07. The molecular weight excluding hydrogens is 254 g/mol. The second kappa shape index (κ2) is 4.19. The second-order valence-electron chi connectivity index (χ2n) is 3.56. The number of rotatable bonds is 3. The molecule has 0 spiro atoms. The molecule has 2 nitrogen and oxygen atoms in total. The summed E-state index contributed by atoms with van der Waals surface area (Å²) in [6.07, 6.45) is 3.91. The minimum absolute atomic E-state index is 0.769. The van der Waals surface area contributed by atoms with Gasteiger partial charge in [-0.1, -0.05) is 28.9 Å². The van der Waals surface area contributed by atoms with Crippen molar-refractivity contribution in [3.05, 3.63) is 34.4 Å². The summed E-state index contributed by atoms with van der Waals surface area (Å²) in [5.74, 6) is 0. The molecule has 2 aromatic rings. The van der Waals surface area contributed by atoms with Gasteiger partial charge in [0.05, 0.1) is 0 Å². The fraction of sp³-hybridized carbons (Fsp3) is 0.250. The van der Waals surface area contributed by atoms with Crippen molar-refractivity contribution in [1.29, 1.82) is 0 Å². The van der Waals surface area contributed by atoms with Crippen LogP contribution in [0.5, 0.6) is 0 Å². The molecule has 0 N–H and O–H groups in total. The predicted octanol–water partition coefficient (Wildman–Crippen LogP) is 3.63. The van der Waals surface area contributed by atoms with E-state index in [9.17, 15) is 4.79 Å². The van der Waals surface area contributed by atoms with Crippen molar-refractivity contribution < 1.29 is 4.79 Å². The molecule has 0 aliphatic rings. The first-order valence-corrected chi connectivity index (χ1v) is 5.79. The maximum atomic E-state index is 10.9. The van der Waals surface area contributed by atoms with E-state index in [0.717, 1.165) is 40.2 Å². The van der Waals surface area contributed by atoms with Crippen LogP contribution in [0.4, 0.5) is 0 Å². The number of fused-ring (bicyclic) bond motifs is 1. The third kappa shape index (κ3) is 1.84. The minimum atomic E-state index is 0.769. The summed E-state index contributed by atoms with van der Waals surface area (Å²) < 4.78 is 3.17. The van der Waals surface area contributed by atoms with Gasteiger partial charge in [-0.2, -0.15) is 0 Å². The van der Waals surface area contributed by atoms with Gasteiger partial charge in [-0.3, -0.25) is 4.79 Å². The highest BCUT2D eigenvalue weighted by molar-refractivity contribution is 9.10. The highest BCUT2D eigenvalue weighted by atomic mass is 79.9. The maximum Gasteiger partial charge on any atom is 0.152 e. The Morgan fingerprint density at radius 3 is 2.93 bits per heavy atom.